The van der Waals surface area contributed by atoms with Crippen molar-refractivity contribution >= 4 is 18.0 Å². The van der Waals surface area contributed by atoms with E-state index in [1.807, 2.05) is 54.6 Å². The Morgan fingerprint density at radius 2 is 1.38 bits per heavy atom. The van der Waals surface area contributed by atoms with Crippen molar-refractivity contribution in [2.45, 2.75) is 38.6 Å². The number of β-lactam (4-membered cyclic amide) rings is 1. The number of carboxylic acids is 1. The molecule has 0 spiro atoms. The fraction of sp³-hybridized carbons (Fsp3) is 0.323. The molecule has 0 aliphatic carbocycles. The SMILES string of the molecule is COc1ccc(C(c2ccc(OC)cc2)N2C(=O)[C@H](C(C)OC(=O)OCc3ccccc3)[C@H]2C(C)C(=O)O)cc1. The lowest BCUT2D eigenvalue weighted by Gasteiger charge is -2.54. The van der Waals surface area contributed by atoms with Crippen LogP contribution < -0.4 is 9.47 Å². The predicted molar refractivity (Wildman–Crippen MR) is 146 cm³/mol. The Kier molecular flexibility index (Phi) is 8.93. The molecule has 1 aliphatic heterocycles. The van der Waals surface area contributed by atoms with Gasteiger partial charge >= 0.3 is 12.1 Å². The molecule has 9 nitrogen and oxygen atoms in total. The van der Waals surface area contributed by atoms with Crippen LogP contribution in [0.5, 0.6) is 11.5 Å². The Labute approximate surface area is 233 Å². The van der Waals surface area contributed by atoms with Crippen LogP contribution in [0.15, 0.2) is 78.9 Å². The molecule has 1 heterocycles. The molecule has 0 saturated carbocycles. The Hall–Kier alpha value is -4.53. The number of carbonyl (C=O) groups excluding carboxylic acids is 2. The molecule has 2 unspecified atom stereocenters. The van der Waals surface area contributed by atoms with Crippen LogP contribution >= 0.6 is 0 Å². The summed E-state index contributed by atoms with van der Waals surface area (Å²) in [5.74, 6) is -1.89. The van der Waals surface area contributed by atoms with Crippen molar-refractivity contribution < 1.29 is 38.4 Å². The third-order valence-corrected chi connectivity index (χ3v) is 7.26. The van der Waals surface area contributed by atoms with Crippen LogP contribution in [0, 0.1) is 11.8 Å². The van der Waals surface area contributed by atoms with Gasteiger partial charge in [0.05, 0.1) is 38.1 Å². The molecule has 1 saturated heterocycles. The summed E-state index contributed by atoms with van der Waals surface area (Å²) in [6.45, 7) is 3.16. The van der Waals surface area contributed by atoms with E-state index in [1.165, 1.54) is 0 Å². The molecule has 1 N–H and O–H groups in total. The third kappa shape index (κ3) is 6.03. The Balaban J connectivity index is 1.61. The molecule has 0 radical (unpaired) electrons. The molecule has 4 rings (SSSR count). The Morgan fingerprint density at radius 1 is 0.850 bits per heavy atom. The molecule has 40 heavy (non-hydrogen) atoms. The highest BCUT2D eigenvalue weighted by molar-refractivity contribution is 5.90. The Morgan fingerprint density at radius 3 is 1.85 bits per heavy atom. The second kappa shape index (κ2) is 12.5. The number of nitrogens with zero attached hydrogens (tertiary/aromatic N) is 1. The summed E-state index contributed by atoms with van der Waals surface area (Å²) in [7, 11) is 3.13. The van der Waals surface area contributed by atoms with E-state index < -0.39 is 42.1 Å². The summed E-state index contributed by atoms with van der Waals surface area (Å²) < 4.78 is 21.3. The highest BCUT2D eigenvalue weighted by Crippen LogP contribution is 2.45. The lowest BCUT2D eigenvalue weighted by molar-refractivity contribution is -0.177. The van der Waals surface area contributed by atoms with Crippen LogP contribution in [-0.2, 0) is 25.7 Å². The van der Waals surface area contributed by atoms with Crippen molar-refractivity contribution in [3.8, 4) is 11.5 Å². The molecular formula is C31H33NO8. The van der Waals surface area contributed by atoms with Gasteiger partial charge in [0.15, 0.2) is 0 Å². The first-order valence-electron chi connectivity index (χ1n) is 12.9. The third-order valence-electron chi connectivity index (χ3n) is 7.26. The first-order valence-corrected chi connectivity index (χ1v) is 12.9. The molecule has 4 atom stereocenters. The van der Waals surface area contributed by atoms with Gasteiger partial charge in [-0.3, -0.25) is 9.59 Å². The summed E-state index contributed by atoms with van der Waals surface area (Å²) in [4.78, 5) is 40.0. The largest absolute Gasteiger partial charge is 0.508 e. The topological polar surface area (TPSA) is 112 Å². The highest BCUT2D eigenvalue weighted by atomic mass is 16.7. The number of aliphatic carboxylic acids is 1. The average Bonchev–Trinajstić information content (AvgIpc) is 2.97. The molecule has 1 fully saturated rings. The van der Waals surface area contributed by atoms with Gasteiger partial charge in [-0.25, -0.2) is 4.79 Å². The quantitative estimate of drug-likeness (QED) is 0.261. The molecule has 1 aliphatic rings. The fourth-order valence-corrected chi connectivity index (χ4v) is 5.09. The highest BCUT2D eigenvalue weighted by Gasteiger charge is 2.57. The van der Waals surface area contributed by atoms with Crippen LogP contribution in [0.2, 0.25) is 0 Å². The van der Waals surface area contributed by atoms with Gasteiger partial charge in [-0.2, -0.15) is 0 Å². The van der Waals surface area contributed by atoms with Crippen molar-refractivity contribution in [2.24, 2.45) is 11.8 Å². The molecule has 3 aromatic carbocycles. The number of amides is 1. The van der Waals surface area contributed by atoms with E-state index in [0.29, 0.717) is 11.5 Å². The minimum Gasteiger partial charge on any atom is -0.497 e. The maximum atomic E-state index is 13.8. The first-order chi connectivity index (χ1) is 19.2. The van der Waals surface area contributed by atoms with Crippen molar-refractivity contribution in [3.05, 3.63) is 95.6 Å². The van der Waals surface area contributed by atoms with E-state index >= 15 is 0 Å². The monoisotopic (exact) mass is 547 g/mol. The predicted octanol–water partition coefficient (Wildman–Crippen LogP) is 5.08. The summed E-state index contributed by atoms with van der Waals surface area (Å²) in [5, 5.41) is 9.97. The van der Waals surface area contributed by atoms with E-state index in [4.69, 9.17) is 18.9 Å². The van der Waals surface area contributed by atoms with Crippen LogP contribution in [0.25, 0.3) is 0 Å². The standard InChI is InChI=1S/C31H33NO8/c1-19(30(34)35)27-26(20(2)40-31(36)39-18-21-8-6-5-7-9-21)29(33)32(27)28(22-10-14-24(37-3)15-11-22)23-12-16-25(38-4)17-13-23/h5-17,19-20,26-28H,18H2,1-4H3,(H,34,35)/t19?,20?,26-,27-/m1/s1. The van der Waals surface area contributed by atoms with Crippen LogP contribution in [0.4, 0.5) is 4.79 Å². The van der Waals surface area contributed by atoms with Gasteiger partial charge in [-0.15, -0.1) is 0 Å². The van der Waals surface area contributed by atoms with Crippen LogP contribution in [0.1, 0.15) is 36.6 Å². The molecule has 0 bridgehead atoms. The second-order valence-electron chi connectivity index (χ2n) is 9.68. The minimum absolute atomic E-state index is 0.0170. The summed E-state index contributed by atoms with van der Waals surface area (Å²) in [6.07, 6.45) is -1.84. The number of carboxylic acid groups (broad SMARTS) is 1. The lowest BCUT2D eigenvalue weighted by Crippen LogP contribution is -2.68. The van der Waals surface area contributed by atoms with E-state index in [0.717, 1.165) is 16.7 Å². The number of rotatable bonds is 11. The number of hydrogen-bond acceptors (Lipinski definition) is 7. The maximum Gasteiger partial charge on any atom is 0.508 e. The summed E-state index contributed by atoms with van der Waals surface area (Å²) >= 11 is 0. The molecule has 0 aromatic heterocycles. The van der Waals surface area contributed by atoms with Gasteiger partial charge in [0, 0.05) is 0 Å². The van der Waals surface area contributed by atoms with Gasteiger partial charge in [0.2, 0.25) is 5.91 Å². The zero-order valence-corrected chi connectivity index (χ0v) is 22.9. The van der Waals surface area contributed by atoms with Crippen molar-refractivity contribution in [1.29, 1.82) is 0 Å². The maximum absolute atomic E-state index is 13.8. The smallest absolute Gasteiger partial charge is 0.497 e. The van der Waals surface area contributed by atoms with E-state index in [-0.39, 0.29) is 12.5 Å². The van der Waals surface area contributed by atoms with Gasteiger partial charge in [0.25, 0.3) is 0 Å². The van der Waals surface area contributed by atoms with E-state index in [2.05, 4.69) is 0 Å². The molecule has 210 valence electrons. The summed E-state index contributed by atoms with van der Waals surface area (Å²) in [6, 6.07) is 22.3. The number of ether oxygens (including phenoxy) is 4. The normalized spacial score (nSPS) is 17.9. The van der Waals surface area contributed by atoms with Crippen LogP contribution in [0.3, 0.4) is 0 Å². The molecule has 9 heteroatoms. The van der Waals surface area contributed by atoms with Crippen molar-refractivity contribution in [2.75, 3.05) is 14.2 Å². The van der Waals surface area contributed by atoms with Crippen molar-refractivity contribution in [1.82, 2.24) is 4.90 Å². The summed E-state index contributed by atoms with van der Waals surface area (Å²) in [5.41, 5.74) is 2.34. The average molecular weight is 548 g/mol. The van der Waals surface area contributed by atoms with Crippen molar-refractivity contribution in [3.63, 3.8) is 0 Å². The number of benzene rings is 3. The molecule has 1 amide bonds. The number of hydrogen-bond donors (Lipinski definition) is 1. The second-order valence-corrected chi connectivity index (χ2v) is 9.68. The minimum atomic E-state index is -1.06. The van der Waals surface area contributed by atoms with Gasteiger partial charge in [-0.05, 0) is 54.8 Å². The number of methoxy groups -OCH3 is 2. The van der Waals surface area contributed by atoms with E-state index in [9.17, 15) is 19.5 Å². The molecule has 3 aromatic rings. The van der Waals surface area contributed by atoms with E-state index in [1.54, 1.807) is 57.2 Å². The van der Waals surface area contributed by atoms with Gasteiger partial charge < -0.3 is 29.0 Å². The fourth-order valence-electron chi connectivity index (χ4n) is 5.09. The van der Waals surface area contributed by atoms with Gasteiger partial charge in [-0.1, -0.05) is 54.6 Å². The number of carbonyl (C=O) groups is 3. The number of likely N-dealkylation sites (tertiary alicyclic amines) is 1. The van der Waals surface area contributed by atoms with Gasteiger partial charge in [0.1, 0.15) is 24.2 Å². The lowest BCUT2D eigenvalue weighted by atomic mass is 9.74. The first kappa shape index (κ1) is 28.5. The Bertz CT molecular complexity index is 1260. The zero-order chi connectivity index (χ0) is 28.8. The molecular weight excluding hydrogens is 514 g/mol. The van der Waals surface area contributed by atoms with Crippen LogP contribution in [-0.4, -0.2) is 54.4 Å². The zero-order valence-electron chi connectivity index (χ0n) is 22.9.